The molecule has 1 amide bonds. The molecule has 0 radical (unpaired) electrons. The molecule has 0 aromatic heterocycles. The molecule has 0 aliphatic rings. The number of halogens is 1. The molecule has 0 atom stereocenters. The fourth-order valence-electron chi connectivity index (χ4n) is 1.31. The van der Waals surface area contributed by atoms with Crippen LogP contribution in [0.1, 0.15) is 27.7 Å². The molecule has 1 aromatic carbocycles. The number of nitrogens with one attached hydrogen (secondary N) is 1. The lowest BCUT2D eigenvalue weighted by Crippen LogP contribution is -2.28. The van der Waals surface area contributed by atoms with Crippen LogP contribution in [0.25, 0.3) is 0 Å². The molecule has 1 aromatic rings. The number of sulfone groups is 1. The molecule has 0 spiro atoms. The van der Waals surface area contributed by atoms with Gasteiger partial charge in [0.1, 0.15) is 5.82 Å². The maximum atomic E-state index is 13.6. The van der Waals surface area contributed by atoms with E-state index in [0.717, 1.165) is 6.07 Å². The van der Waals surface area contributed by atoms with Crippen LogP contribution >= 0.6 is 0 Å². The number of carbonyl (C=O) groups is 1. The summed E-state index contributed by atoms with van der Waals surface area (Å²) in [5, 5.41) is 2.28. The first-order valence-electron chi connectivity index (χ1n) is 5.37. The van der Waals surface area contributed by atoms with Crippen molar-refractivity contribution >= 4 is 21.4 Å². The summed E-state index contributed by atoms with van der Waals surface area (Å²) in [6.45, 7) is 5.88. The third kappa shape index (κ3) is 2.87. The molecule has 6 heteroatoms. The Kier molecular flexibility index (Phi) is 3.81. The summed E-state index contributed by atoms with van der Waals surface area (Å²) in [7, 11) is -3.60. The number of amides is 1. The standard InChI is InChI=1S/C12H16FNO3S/c1-8(15)14-11-6-5-9(7-10(11)13)18(16,17)12(2,3)4/h5-7H,1-4H3,(H,14,15). The number of carbonyl (C=O) groups excluding carboxylic acids is 1. The molecule has 0 heterocycles. The van der Waals surface area contributed by atoms with E-state index >= 15 is 0 Å². The summed E-state index contributed by atoms with van der Waals surface area (Å²) in [4.78, 5) is 10.7. The highest BCUT2D eigenvalue weighted by Gasteiger charge is 2.31. The molecular formula is C12H16FNO3S. The predicted molar refractivity (Wildman–Crippen MR) is 67.6 cm³/mol. The van der Waals surface area contributed by atoms with E-state index in [2.05, 4.69) is 5.32 Å². The lowest BCUT2D eigenvalue weighted by molar-refractivity contribution is -0.114. The van der Waals surface area contributed by atoms with Gasteiger partial charge in [0.15, 0.2) is 9.84 Å². The first-order valence-corrected chi connectivity index (χ1v) is 6.86. The topological polar surface area (TPSA) is 63.2 Å². The van der Waals surface area contributed by atoms with Crippen LogP contribution in [-0.2, 0) is 14.6 Å². The Bertz CT molecular complexity index is 573. The van der Waals surface area contributed by atoms with E-state index in [1.807, 2.05) is 0 Å². The van der Waals surface area contributed by atoms with Gasteiger partial charge in [-0.05, 0) is 39.0 Å². The molecule has 0 aliphatic carbocycles. The molecule has 18 heavy (non-hydrogen) atoms. The highest BCUT2D eigenvalue weighted by atomic mass is 32.2. The zero-order valence-electron chi connectivity index (χ0n) is 10.7. The Balaban J connectivity index is 3.25. The minimum Gasteiger partial charge on any atom is -0.324 e. The highest BCUT2D eigenvalue weighted by molar-refractivity contribution is 7.92. The minimum absolute atomic E-state index is 0.0321. The van der Waals surface area contributed by atoms with Gasteiger partial charge in [0.05, 0.1) is 15.3 Å². The Labute approximate surface area is 106 Å². The second-order valence-corrected chi connectivity index (χ2v) is 7.64. The summed E-state index contributed by atoms with van der Waals surface area (Å²) in [6.07, 6.45) is 0. The quantitative estimate of drug-likeness (QED) is 0.899. The molecule has 0 unspecified atom stereocenters. The highest BCUT2D eigenvalue weighted by Crippen LogP contribution is 2.27. The van der Waals surface area contributed by atoms with E-state index in [1.165, 1.54) is 19.1 Å². The molecule has 1 N–H and O–H groups in total. The first-order chi connectivity index (χ1) is 8.05. The van der Waals surface area contributed by atoms with E-state index in [1.54, 1.807) is 20.8 Å². The largest absolute Gasteiger partial charge is 0.324 e. The van der Waals surface area contributed by atoms with Gasteiger partial charge in [0, 0.05) is 6.92 Å². The van der Waals surface area contributed by atoms with Crippen LogP contribution in [0.2, 0.25) is 0 Å². The first kappa shape index (κ1) is 14.6. The minimum atomic E-state index is -3.60. The number of hydrogen-bond acceptors (Lipinski definition) is 3. The van der Waals surface area contributed by atoms with Crippen LogP contribution in [0.15, 0.2) is 23.1 Å². The predicted octanol–water partition coefficient (Wildman–Crippen LogP) is 2.36. The van der Waals surface area contributed by atoms with Crippen molar-refractivity contribution in [2.24, 2.45) is 0 Å². The van der Waals surface area contributed by atoms with Gasteiger partial charge in [-0.15, -0.1) is 0 Å². The van der Waals surface area contributed by atoms with Gasteiger partial charge in [-0.25, -0.2) is 12.8 Å². The zero-order chi connectivity index (χ0) is 14.1. The van der Waals surface area contributed by atoms with Gasteiger partial charge >= 0.3 is 0 Å². The van der Waals surface area contributed by atoms with Crippen LogP contribution in [0, 0.1) is 5.82 Å². The SMILES string of the molecule is CC(=O)Nc1ccc(S(=O)(=O)C(C)(C)C)cc1F. The number of hydrogen-bond donors (Lipinski definition) is 1. The van der Waals surface area contributed by atoms with E-state index in [0.29, 0.717) is 0 Å². The van der Waals surface area contributed by atoms with Crippen molar-refractivity contribution in [2.75, 3.05) is 5.32 Å². The normalized spacial score (nSPS) is 12.3. The lowest BCUT2D eigenvalue weighted by Gasteiger charge is -2.19. The fourth-order valence-corrected chi connectivity index (χ4v) is 2.52. The zero-order valence-corrected chi connectivity index (χ0v) is 11.6. The van der Waals surface area contributed by atoms with Crippen molar-refractivity contribution < 1.29 is 17.6 Å². The molecule has 1 rings (SSSR count). The Morgan fingerprint density at radius 3 is 2.22 bits per heavy atom. The third-order valence-electron chi connectivity index (χ3n) is 2.37. The van der Waals surface area contributed by atoms with Crippen molar-refractivity contribution in [3.05, 3.63) is 24.0 Å². The average Bonchev–Trinajstić information content (AvgIpc) is 2.18. The summed E-state index contributed by atoms with van der Waals surface area (Å²) in [6, 6.07) is 3.45. The maximum Gasteiger partial charge on any atom is 0.221 e. The van der Waals surface area contributed by atoms with Crippen LogP contribution in [0.3, 0.4) is 0 Å². The number of benzene rings is 1. The van der Waals surface area contributed by atoms with Gasteiger partial charge in [-0.1, -0.05) is 0 Å². The molecule has 0 saturated heterocycles. The molecule has 4 nitrogen and oxygen atoms in total. The molecule has 0 aliphatic heterocycles. The third-order valence-corrected chi connectivity index (χ3v) is 4.85. The molecular weight excluding hydrogens is 257 g/mol. The van der Waals surface area contributed by atoms with Crippen molar-refractivity contribution in [1.82, 2.24) is 0 Å². The van der Waals surface area contributed by atoms with E-state index in [-0.39, 0.29) is 10.6 Å². The van der Waals surface area contributed by atoms with Crippen molar-refractivity contribution in [3.8, 4) is 0 Å². The lowest BCUT2D eigenvalue weighted by atomic mass is 10.3. The van der Waals surface area contributed by atoms with Gasteiger partial charge in [-0.2, -0.15) is 0 Å². The molecule has 0 fully saturated rings. The van der Waals surface area contributed by atoms with Crippen molar-refractivity contribution in [3.63, 3.8) is 0 Å². The number of rotatable bonds is 2. The second-order valence-electron chi connectivity index (χ2n) is 4.94. The monoisotopic (exact) mass is 273 g/mol. The summed E-state index contributed by atoms with van der Waals surface area (Å²) >= 11 is 0. The van der Waals surface area contributed by atoms with Crippen molar-refractivity contribution in [2.45, 2.75) is 37.3 Å². The van der Waals surface area contributed by atoms with Gasteiger partial charge < -0.3 is 5.32 Å². The van der Waals surface area contributed by atoms with E-state index < -0.39 is 26.3 Å². The van der Waals surface area contributed by atoms with Gasteiger partial charge in [-0.3, -0.25) is 4.79 Å². The number of anilines is 1. The summed E-state index contributed by atoms with van der Waals surface area (Å²) < 4.78 is 36.8. The van der Waals surface area contributed by atoms with Crippen LogP contribution in [0.4, 0.5) is 10.1 Å². The van der Waals surface area contributed by atoms with E-state index in [4.69, 9.17) is 0 Å². The smallest absolute Gasteiger partial charge is 0.221 e. The Morgan fingerprint density at radius 2 is 1.83 bits per heavy atom. The Hall–Kier alpha value is -1.43. The van der Waals surface area contributed by atoms with Gasteiger partial charge in [0.2, 0.25) is 5.91 Å². The molecule has 100 valence electrons. The average molecular weight is 273 g/mol. The summed E-state index contributed by atoms with van der Waals surface area (Å²) in [5.74, 6) is -1.18. The molecule has 0 saturated carbocycles. The van der Waals surface area contributed by atoms with E-state index in [9.17, 15) is 17.6 Å². The Morgan fingerprint density at radius 1 is 1.28 bits per heavy atom. The summed E-state index contributed by atoms with van der Waals surface area (Å²) in [5.41, 5.74) is -0.0321. The molecule has 0 bridgehead atoms. The van der Waals surface area contributed by atoms with Crippen LogP contribution in [0.5, 0.6) is 0 Å². The maximum absolute atomic E-state index is 13.6. The van der Waals surface area contributed by atoms with Gasteiger partial charge in [0.25, 0.3) is 0 Å². The fraction of sp³-hybridized carbons (Fsp3) is 0.417. The van der Waals surface area contributed by atoms with Crippen LogP contribution in [-0.4, -0.2) is 19.1 Å². The second kappa shape index (κ2) is 4.68. The van der Waals surface area contributed by atoms with Crippen molar-refractivity contribution in [1.29, 1.82) is 0 Å². The van der Waals surface area contributed by atoms with Crippen LogP contribution < -0.4 is 5.32 Å².